The summed E-state index contributed by atoms with van der Waals surface area (Å²) in [6.07, 6.45) is -20.4. The first-order chi connectivity index (χ1) is 19.8. The molecule has 2 aromatic carbocycles. The van der Waals surface area contributed by atoms with Gasteiger partial charge in [0, 0.05) is 20.1 Å². The molecule has 238 valence electrons. The topological polar surface area (TPSA) is 68.3 Å². The van der Waals surface area contributed by atoms with Crippen LogP contribution in [0.4, 0.5) is 54.8 Å². The first-order valence-electron chi connectivity index (χ1n) is 12.5. The molecule has 43 heavy (non-hydrogen) atoms. The third-order valence-corrected chi connectivity index (χ3v) is 6.71. The molecule has 0 spiro atoms. The van der Waals surface area contributed by atoms with Crippen molar-refractivity contribution in [3.63, 3.8) is 0 Å². The van der Waals surface area contributed by atoms with E-state index in [1.807, 2.05) is 0 Å². The van der Waals surface area contributed by atoms with Gasteiger partial charge in [-0.2, -0.15) is 39.5 Å². The van der Waals surface area contributed by atoms with Gasteiger partial charge in [-0.25, -0.2) is 9.59 Å². The molecular formula is C27H27F9N2O5. The largest absolute Gasteiger partial charge is 0.453 e. The van der Waals surface area contributed by atoms with Crippen LogP contribution in [0.2, 0.25) is 0 Å². The maximum atomic E-state index is 15.0. The highest BCUT2D eigenvalue weighted by Gasteiger charge is 2.65. The predicted molar refractivity (Wildman–Crippen MR) is 133 cm³/mol. The summed E-state index contributed by atoms with van der Waals surface area (Å²) in [6.45, 7) is 0.637. The van der Waals surface area contributed by atoms with Crippen molar-refractivity contribution in [1.29, 1.82) is 0 Å². The number of para-hydroxylation sites is 1. The Hall–Kier alpha value is -3.69. The van der Waals surface area contributed by atoms with Crippen molar-refractivity contribution in [2.75, 3.05) is 25.7 Å². The van der Waals surface area contributed by atoms with Crippen molar-refractivity contribution in [3.8, 4) is 0 Å². The van der Waals surface area contributed by atoms with Gasteiger partial charge in [-0.05, 0) is 49.2 Å². The first-order valence-corrected chi connectivity index (χ1v) is 12.5. The second-order valence-electron chi connectivity index (χ2n) is 10.0. The van der Waals surface area contributed by atoms with Crippen LogP contribution in [0.1, 0.15) is 48.6 Å². The van der Waals surface area contributed by atoms with Crippen LogP contribution in [0, 0.1) is 0 Å². The molecule has 1 aliphatic heterocycles. The van der Waals surface area contributed by atoms with Gasteiger partial charge in [0.25, 0.3) is 0 Å². The molecule has 1 heterocycles. The molecule has 1 aliphatic rings. The van der Waals surface area contributed by atoms with Crippen molar-refractivity contribution in [2.24, 2.45) is 0 Å². The maximum absolute atomic E-state index is 15.0. The Morgan fingerprint density at radius 1 is 0.953 bits per heavy atom. The number of benzene rings is 2. The maximum Gasteiger partial charge on any atom is 0.416 e. The number of carbonyl (C=O) groups is 2. The molecule has 2 atom stereocenters. The van der Waals surface area contributed by atoms with Crippen molar-refractivity contribution in [3.05, 3.63) is 64.7 Å². The fourth-order valence-corrected chi connectivity index (χ4v) is 4.94. The summed E-state index contributed by atoms with van der Waals surface area (Å²) in [5.41, 5.74) is -7.68. The minimum Gasteiger partial charge on any atom is -0.453 e. The zero-order valence-electron chi connectivity index (χ0n) is 23.2. The summed E-state index contributed by atoms with van der Waals surface area (Å²) < 4.78 is 141. The van der Waals surface area contributed by atoms with Crippen LogP contribution in [-0.2, 0) is 33.1 Å². The number of halogens is 9. The van der Waals surface area contributed by atoms with E-state index < -0.39 is 84.7 Å². The van der Waals surface area contributed by atoms with Gasteiger partial charge >= 0.3 is 30.7 Å². The van der Waals surface area contributed by atoms with Gasteiger partial charge in [0.15, 0.2) is 5.54 Å². The second kappa shape index (κ2) is 12.1. The number of rotatable bonds is 6. The smallest absolute Gasteiger partial charge is 0.416 e. The summed E-state index contributed by atoms with van der Waals surface area (Å²) >= 11 is 0. The lowest BCUT2D eigenvalue weighted by molar-refractivity contribution is -0.205. The molecule has 0 N–H and O–H groups in total. The van der Waals surface area contributed by atoms with E-state index in [-0.39, 0.29) is 17.3 Å². The monoisotopic (exact) mass is 630 g/mol. The standard InChI is InChI=1S/C27H27F9N2O5/c1-15(2)43-23(40)38-20-8-6-5-7-19(20)21(12-24(38,14-41-3)27(34,35)36)37(22(39)42-4)13-16-9-17(25(28,29)30)11-18(10-16)26(31,32)33/h5-11,15,21H,12-14H2,1-4H3/t21-,24-/m0/s1. The fourth-order valence-electron chi connectivity index (χ4n) is 4.94. The molecular weight excluding hydrogens is 603 g/mol. The first kappa shape index (κ1) is 33.8. The Morgan fingerprint density at radius 2 is 1.51 bits per heavy atom. The summed E-state index contributed by atoms with van der Waals surface area (Å²) in [6, 6.07) is 4.01. The van der Waals surface area contributed by atoms with E-state index in [0.29, 0.717) is 21.9 Å². The third-order valence-electron chi connectivity index (χ3n) is 6.71. The zero-order chi connectivity index (χ0) is 32.5. The summed E-state index contributed by atoms with van der Waals surface area (Å²) in [4.78, 5) is 27.1. The molecule has 0 bridgehead atoms. The SMILES string of the molecule is COC[C@]1(C(F)(F)F)C[C@H](N(Cc2cc(C(F)(F)F)cc(C(F)(F)F)c2)C(=O)OC)c2ccccc2N1C(=O)OC(C)C. The van der Waals surface area contributed by atoms with E-state index in [4.69, 9.17) is 14.2 Å². The van der Waals surface area contributed by atoms with Crippen LogP contribution in [-0.4, -0.2) is 55.7 Å². The van der Waals surface area contributed by atoms with Gasteiger partial charge in [-0.3, -0.25) is 9.80 Å². The average molecular weight is 631 g/mol. The molecule has 16 heteroatoms. The molecule has 0 fully saturated rings. The van der Waals surface area contributed by atoms with Gasteiger partial charge in [0.2, 0.25) is 0 Å². The quantitative estimate of drug-likeness (QED) is 0.306. The number of ether oxygens (including phenoxy) is 3. The number of anilines is 1. The fraction of sp³-hybridized carbons (Fsp3) is 0.481. The number of alkyl halides is 9. The number of hydrogen-bond donors (Lipinski definition) is 0. The van der Waals surface area contributed by atoms with Gasteiger partial charge in [0.1, 0.15) is 0 Å². The van der Waals surface area contributed by atoms with Crippen molar-refractivity contribution in [2.45, 2.75) is 63.0 Å². The molecule has 0 saturated carbocycles. The summed E-state index contributed by atoms with van der Waals surface area (Å²) in [5, 5.41) is 0. The molecule has 0 radical (unpaired) electrons. The molecule has 0 unspecified atom stereocenters. The number of carbonyl (C=O) groups excluding carboxylic acids is 2. The Bertz CT molecular complexity index is 1290. The van der Waals surface area contributed by atoms with Crippen LogP contribution in [0.3, 0.4) is 0 Å². The minimum atomic E-state index is -5.24. The summed E-state index contributed by atoms with van der Waals surface area (Å²) in [5.74, 6) is 0. The van der Waals surface area contributed by atoms with Gasteiger partial charge in [-0.1, -0.05) is 18.2 Å². The van der Waals surface area contributed by atoms with Crippen LogP contribution >= 0.6 is 0 Å². The second-order valence-corrected chi connectivity index (χ2v) is 10.0. The molecule has 0 aliphatic carbocycles. The average Bonchev–Trinajstić information content (AvgIpc) is 2.88. The highest BCUT2D eigenvalue weighted by atomic mass is 19.4. The van der Waals surface area contributed by atoms with Crippen molar-refractivity contribution in [1.82, 2.24) is 4.90 Å². The highest BCUT2D eigenvalue weighted by Crippen LogP contribution is 2.52. The van der Waals surface area contributed by atoms with E-state index in [2.05, 4.69) is 0 Å². The molecule has 3 rings (SSSR count). The van der Waals surface area contributed by atoms with Crippen molar-refractivity contribution >= 4 is 17.9 Å². The van der Waals surface area contributed by atoms with Crippen LogP contribution in [0.15, 0.2) is 42.5 Å². The Balaban J connectivity index is 2.29. The highest BCUT2D eigenvalue weighted by molar-refractivity contribution is 5.92. The minimum absolute atomic E-state index is 0.0763. The number of methoxy groups -OCH3 is 2. The number of fused-ring (bicyclic) bond motifs is 1. The van der Waals surface area contributed by atoms with E-state index in [0.717, 1.165) is 20.3 Å². The van der Waals surface area contributed by atoms with E-state index in [1.54, 1.807) is 0 Å². The zero-order valence-corrected chi connectivity index (χ0v) is 23.2. The molecule has 0 saturated heterocycles. The van der Waals surface area contributed by atoms with E-state index in [1.165, 1.54) is 32.0 Å². The molecule has 2 amide bonds. The Labute approximate surface area is 240 Å². The van der Waals surface area contributed by atoms with Crippen LogP contribution < -0.4 is 4.90 Å². The lowest BCUT2D eigenvalue weighted by atomic mass is 9.80. The Kier molecular flexibility index (Phi) is 9.54. The van der Waals surface area contributed by atoms with Gasteiger partial charge in [-0.15, -0.1) is 0 Å². The normalized spacial score (nSPS) is 19.2. The number of nitrogens with zero attached hydrogens (tertiary/aromatic N) is 2. The lowest BCUT2D eigenvalue weighted by Crippen LogP contribution is -2.67. The van der Waals surface area contributed by atoms with E-state index in [9.17, 15) is 35.9 Å². The number of amides is 2. The summed E-state index contributed by atoms with van der Waals surface area (Å²) in [7, 11) is 1.78. The van der Waals surface area contributed by atoms with Gasteiger partial charge < -0.3 is 14.2 Å². The van der Waals surface area contributed by atoms with E-state index >= 15 is 13.2 Å². The van der Waals surface area contributed by atoms with Gasteiger partial charge in [0.05, 0.1) is 42.7 Å². The third kappa shape index (κ3) is 6.94. The van der Waals surface area contributed by atoms with Crippen molar-refractivity contribution < 1.29 is 63.3 Å². The van der Waals surface area contributed by atoms with Crippen LogP contribution in [0.5, 0.6) is 0 Å². The lowest BCUT2D eigenvalue weighted by Gasteiger charge is -2.51. The molecule has 7 nitrogen and oxygen atoms in total. The molecule has 2 aromatic rings. The Morgan fingerprint density at radius 3 is 1.98 bits per heavy atom. The van der Waals surface area contributed by atoms with Crippen LogP contribution in [0.25, 0.3) is 0 Å². The number of hydrogen-bond acceptors (Lipinski definition) is 5. The predicted octanol–water partition coefficient (Wildman–Crippen LogP) is 7.74. The molecule has 0 aromatic heterocycles.